The van der Waals surface area contributed by atoms with Crippen molar-refractivity contribution in [1.82, 2.24) is 9.47 Å². The number of likely N-dealkylation sites (N-methyl/N-ethyl adjacent to an activating group) is 1. The van der Waals surface area contributed by atoms with E-state index in [4.69, 9.17) is 0 Å². The molecule has 2 bridgehead atoms. The molecule has 148 valence electrons. The number of piperazine rings is 1. The number of carboxylic acid groups (broad SMARTS) is 1. The lowest BCUT2D eigenvalue weighted by molar-refractivity contribution is 0.0695. The van der Waals surface area contributed by atoms with Crippen molar-refractivity contribution in [2.24, 2.45) is 0 Å². The first-order chi connectivity index (χ1) is 13.4. The Labute approximate surface area is 162 Å². The molecule has 1 aliphatic carbocycles. The fourth-order valence-corrected chi connectivity index (χ4v) is 4.92. The van der Waals surface area contributed by atoms with E-state index < -0.39 is 17.2 Å². The number of carboxylic acids is 1. The highest BCUT2D eigenvalue weighted by atomic mass is 19.1. The lowest BCUT2D eigenvalue weighted by Crippen LogP contribution is -2.55. The Morgan fingerprint density at radius 1 is 1.11 bits per heavy atom. The van der Waals surface area contributed by atoms with Gasteiger partial charge in [0.2, 0.25) is 5.43 Å². The minimum Gasteiger partial charge on any atom is -0.477 e. The Balaban J connectivity index is 1.68. The molecule has 1 aromatic carbocycles. The molecule has 0 amide bonds. The van der Waals surface area contributed by atoms with Gasteiger partial charge in [0.25, 0.3) is 0 Å². The summed E-state index contributed by atoms with van der Waals surface area (Å²) in [6.07, 6.45) is 6.62. The number of rotatable bonds is 3. The molecule has 0 radical (unpaired) electrons. The highest BCUT2D eigenvalue weighted by Gasteiger charge is 2.36. The van der Waals surface area contributed by atoms with Crippen LogP contribution in [-0.4, -0.2) is 52.8 Å². The van der Waals surface area contributed by atoms with E-state index in [1.165, 1.54) is 12.3 Å². The molecule has 4 heterocycles. The lowest BCUT2D eigenvalue weighted by atomic mass is 10.1. The lowest BCUT2D eigenvalue weighted by Gasteiger charge is -2.43. The van der Waals surface area contributed by atoms with Crippen molar-refractivity contribution in [2.45, 2.75) is 50.2 Å². The molecule has 2 aromatic rings. The van der Waals surface area contributed by atoms with Crippen LogP contribution in [0.15, 0.2) is 23.1 Å². The fraction of sp³-hybridized carbons (Fsp3) is 0.524. The van der Waals surface area contributed by atoms with Crippen molar-refractivity contribution in [3.63, 3.8) is 0 Å². The van der Waals surface area contributed by atoms with Crippen LogP contribution in [0.5, 0.6) is 0 Å². The van der Waals surface area contributed by atoms with Crippen LogP contribution in [0.2, 0.25) is 0 Å². The second kappa shape index (κ2) is 6.30. The fourth-order valence-electron chi connectivity index (χ4n) is 4.92. The highest BCUT2D eigenvalue weighted by molar-refractivity contribution is 5.93. The number of aromatic carboxylic acids is 1. The van der Waals surface area contributed by atoms with Crippen LogP contribution in [0.25, 0.3) is 10.9 Å². The normalized spacial score (nSPS) is 25.3. The predicted molar refractivity (Wildman–Crippen MR) is 105 cm³/mol. The Kier molecular flexibility index (Phi) is 3.98. The smallest absolute Gasteiger partial charge is 0.341 e. The Bertz CT molecular complexity index is 1030. The first kappa shape index (κ1) is 17.7. The van der Waals surface area contributed by atoms with Gasteiger partial charge in [-0.2, -0.15) is 0 Å². The molecule has 4 fully saturated rings. The summed E-state index contributed by atoms with van der Waals surface area (Å²) in [5, 5.41) is 9.54. The molecule has 2 unspecified atom stereocenters. The number of nitrogens with zero attached hydrogens (tertiary/aromatic N) is 3. The molecular formula is C21H24FN3O3. The van der Waals surface area contributed by atoms with Crippen LogP contribution in [0.4, 0.5) is 10.1 Å². The van der Waals surface area contributed by atoms with Gasteiger partial charge in [0.1, 0.15) is 11.4 Å². The standard InChI is InChI=1S/C21H24FN3O3/c1-23-9-14-4-2-3-13(23)10-24(14)19-8-18-15(7-17(19)22)20(26)16(21(27)28)11-25(18)12-5-6-12/h7-8,11-14H,2-6,9-10H2,1H3,(H,27,28). The molecule has 1 saturated carbocycles. The second-order valence-electron chi connectivity index (χ2n) is 8.47. The zero-order valence-electron chi connectivity index (χ0n) is 15.9. The highest BCUT2D eigenvalue weighted by Crippen LogP contribution is 2.39. The summed E-state index contributed by atoms with van der Waals surface area (Å²) in [6, 6.07) is 3.88. The molecule has 3 aliphatic heterocycles. The van der Waals surface area contributed by atoms with E-state index >= 15 is 4.39 Å². The Morgan fingerprint density at radius 2 is 1.86 bits per heavy atom. The van der Waals surface area contributed by atoms with E-state index in [0.29, 0.717) is 17.2 Å². The molecule has 28 heavy (non-hydrogen) atoms. The average Bonchev–Trinajstić information content (AvgIpc) is 3.49. The van der Waals surface area contributed by atoms with Crippen molar-refractivity contribution >= 4 is 22.6 Å². The zero-order valence-corrected chi connectivity index (χ0v) is 15.9. The molecule has 6 rings (SSSR count). The Morgan fingerprint density at radius 3 is 2.57 bits per heavy atom. The molecule has 1 N–H and O–H groups in total. The van der Waals surface area contributed by atoms with Gasteiger partial charge in [-0.1, -0.05) is 0 Å². The number of carbonyl (C=O) groups is 1. The van der Waals surface area contributed by atoms with Crippen molar-refractivity contribution < 1.29 is 14.3 Å². The number of benzene rings is 1. The number of hydrogen-bond acceptors (Lipinski definition) is 4. The van der Waals surface area contributed by atoms with E-state index in [1.807, 2.05) is 4.57 Å². The van der Waals surface area contributed by atoms with Gasteiger partial charge >= 0.3 is 5.97 Å². The second-order valence-corrected chi connectivity index (χ2v) is 8.47. The van der Waals surface area contributed by atoms with Gasteiger partial charge in [-0.15, -0.1) is 0 Å². The summed E-state index contributed by atoms with van der Waals surface area (Å²) in [7, 11) is 2.13. The van der Waals surface area contributed by atoms with Crippen LogP contribution >= 0.6 is 0 Å². The van der Waals surface area contributed by atoms with E-state index in [-0.39, 0.29) is 23.0 Å². The SMILES string of the molecule is CN1CC2CCCC1CN2c1cc2c(cc1F)c(=O)c(C(=O)O)cn2C1CC1. The summed E-state index contributed by atoms with van der Waals surface area (Å²) < 4.78 is 17.0. The van der Waals surface area contributed by atoms with Crippen LogP contribution in [0, 0.1) is 5.82 Å². The summed E-state index contributed by atoms with van der Waals surface area (Å²) in [4.78, 5) is 28.7. The largest absolute Gasteiger partial charge is 0.477 e. The van der Waals surface area contributed by atoms with E-state index in [0.717, 1.165) is 45.2 Å². The summed E-state index contributed by atoms with van der Waals surface area (Å²) in [6.45, 7) is 1.69. The van der Waals surface area contributed by atoms with E-state index in [2.05, 4.69) is 16.8 Å². The maximum Gasteiger partial charge on any atom is 0.341 e. The van der Waals surface area contributed by atoms with Crippen molar-refractivity contribution in [3.05, 3.63) is 39.9 Å². The summed E-state index contributed by atoms with van der Waals surface area (Å²) in [5.41, 5.74) is 0.278. The molecule has 6 nitrogen and oxygen atoms in total. The van der Waals surface area contributed by atoms with Gasteiger partial charge < -0.3 is 14.6 Å². The first-order valence-corrected chi connectivity index (χ1v) is 10.0. The van der Waals surface area contributed by atoms with Crippen molar-refractivity contribution in [3.8, 4) is 0 Å². The quantitative estimate of drug-likeness (QED) is 0.880. The van der Waals surface area contributed by atoms with E-state index in [1.54, 1.807) is 6.07 Å². The minimum absolute atomic E-state index is 0.158. The zero-order chi connectivity index (χ0) is 19.6. The third-order valence-electron chi connectivity index (χ3n) is 6.63. The number of fused-ring (bicyclic) bond motifs is 5. The van der Waals surface area contributed by atoms with E-state index in [9.17, 15) is 14.7 Å². The third kappa shape index (κ3) is 2.71. The van der Waals surface area contributed by atoms with Crippen molar-refractivity contribution in [1.29, 1.82) is 0 Å². The maximum atomic E-state index is 15.2. The third-order valence-corrected chi connectivity index (χ3v) is 6.63. The minimum atomic E-state index is -1.27. The topological polar surface area (TPSA) is 65.8 Å². The van der Waals surface area contributed by atoms with Gasteiger partial charge in [0.15, 0.2) is 0 Å². The predicted octanol–water partition coefficient (Wildman–Crippen LogP) is 2.85. The molecule has 2 atom stereocenters. The number of aromatic nitrogens is 1. The number of halogens is 1. The summed E-state index contributed by atoms with van der Waals surface area (Å²) >= 11 is 0. The van der Waals surface area contributed by atoms with Gasteiger partial charge in [0.05, 0.1) is 11.2 Å². The molecule has 0 spiro atoms. The van der Waals surface area contributed by atoms with Crippen LogP contribution in [0.1, 0.15) is 48.5 Å². The van der Waals surface area contributed by atoms with Gasteiger partial charge in [-0.25, -0.2) is 9.18 Å². The van der Waals surface area contributed by atoms with Gasteiger partial charge in [0, 0.05) is 42.8 Å². The molecule has 3 saturated heterocycles. The Hall–Kier alpha value is -2.41. The molecule has 1 aromatic heterocycles. The van der Waals surface area contributed by atoms with Gasteiger partial charge in [-0.3, -0.25) is 9.69 Å². The molecule has 7 heteroatoms. The number of anilines is 1. The van der Waals surface area contributed by atoms with Crippen LogP contribution < -0.4 is 10.3 Å². The number of hydrogen-bond donors (Lipinski definition) is 1. The van der Waals surface area contributed by atoms with Crippen molar-refractivity contribution in [2.75, 3.05) is 25.0 Å². The van der Waals surface area contributed by atoms with Crippen LogP contribution in [0.3, 0.4) is 0 Å². The average molecular weight is 385 g/mol. The monoisotopic (exact) mass is 385 g/mol. The van der Waals surface area contributed by atoms with Crippen LogP contribution in [-0.2, 0) is 0 Å². The van der Waals surface area contributed by atoms with Gasteiger partial charge in [-0.05, 0) is 51.3 Å². The summed E-state index contributed by atoms with van der Waals surface area (Å²) in [5.74, 6) is -1.71. The number of pyridine rings is 1. The first-order valence-electron chi connectivity index (χ1n) is 10.0. The maximum absolute atomic E-state index is 15.2. The molecule has 4 aliphatic rings. The molecular weight excluding hydrogens is 361 g/mol.